The predicted molar refractivity (Wildman–Crippen MR) is 140 cm³/mol. The Balaban J connectivity index is 1.33. The molecule has 0 unspecified atom stereocenters. The van der Waals surface area contributed by atoms with E-state index in [0.29, 0.717) is 33.1 Å². The van der Waals surface area contributed by atoms with E-state index in [1.165, 1.54) is 4.68 Å². The summed E-state index contributed by atoms with van der Waals surface area (Å²) < 4.78 is 11.9. The maximum atomic E-state index is 13.2. The van der Waals surface area contributed by atoms with Gasteiger partial charge in [0.05, 0.1) is 5.52 Å². The highest BCUT2D eigenvalue weighted by Gasteiger charge is 2.21. The van der Waals surface area contributed by atoms with Crippen molar-refractivity contribution in [1.29, 1.82) is 0 Å². The summed E-state index contributed by atoms with van der Waals surface area (Å²) >= 11 is 6.13. The van der Waals surface area contributed by atoms with Gasteiger partial charge < -0.3 is 20.1 Å². The molecule has 9 nitrogen and oxygen atoms in total. The molecule has 0 radical (unpaired) electrons. The van der Waals surface area contributed by atoms with Gasteiger partial charge in [-0.1, -0.05) is 36.7 Å². The molecule has 1 aromatic heterocycles. The summed E-state index contributed by atoms with van der Waals surface area (Å²) in [5, 5.41) is 6.50. The number of aryl methyl sites for hydroxylation is 1. The molecular weight excluding hydrogens is 496 g/mol. The number of nitrogens with zero attached hydrogens (tertiary/aromatic N) is 1. The Morgan fingerprint density at radius 3 is 2.43 bits per heavy atom. The zero-order valence-corrected chi connectivity index (χ0v) is 20.6. The molecule has 0 saturated carbocycles. The first-order valence-corrected chi connectivity index (χ1v) is 12.0. The Hall–Kier alpha value is -4.50. The lowest BCUT2D eigenvalue weighted by Crippen LogP contribution is -2.39. The summed E-state index contributed by atoms with van der Waals surface area (Å²) in [4.78, 5) is 38.5. The zero-order chi connectivity index (χ0) is 25.9. The second-order valence-corrected chi connectivity index (χ2v) is 8.82. The number of hydrogen-bond acceptors (Lipinski definition) is 5. The van der Waals surface area contributed by atoms with Crippen molar-refractivity contribution < 1.29 is 23.9 Å². The van der Waals surface area contributed by atoms with Gasteiger partial charge in [-0.3, -0.25) is 19.8 Å². The fraction of sp³-hybridized carbons (Fsp3) is 0.148. The summed E-state index contributed by atoms with van der Waals surface area (Å²) in [6.07, 6.45) is 0.881. The van der Waals surface area contributed by atoms with Crippen LogP contribution in [0.5, 0.6) is 11.5 Å². The lowest BCUT2D eigenvalue weighted by atomic mass is 10.1. The summed E-state index contributed by atoms with van der Waals surface area (Å²) in [5.74, 6) is -1.06. The van der Waals surface area contributed by atoms with E-state index < -0.39 is 17.7 Å². The monoisotopic (exact) mass is 518 g/mol. The standard InChI is InChI=1S/C27H23ClN4O5/c1-2-16-3-7-20(8-4-16)30-25(33)22-13-18-12-19(28)6-9-21(18)32(22)31-27(35)26(34)29-14-17-5-10-23-24(11-17)37-15-36-23/h3-13H,2,14-15H2,1H3,(H,29,34)(H,30,33)(H,31,35). The second-order valence-electron chi connectivity index (χ2n) is 8.38. The van der Waals surface area contributed by atoms with Gasteiger partial charge in [0.15, 0.2) is 11.5 Å². The number of benzene rings is 3. The molecule has 2 heterocycles. The third-order valence-electron chi connectivity index (χ3n) is 5.93. The molecule has 0 fully saturated rings. The van der Waals surface area contributed by atoms with Gasteiger partial charge in [-0.05, 0) is 66.1 Å². The van der Waals surface area contributed by atoms with Crippen LogP contribution in [0.2, 0.25) is 5.02 Å². The fourth-order valence-corrected chi connectivity index (χ4v) is 4.14. The lowest BCUT2D eigenvalue weighted by molar-refractivity contribution is -0.136. The third kappa shape index (κ3) is 5.22. The Kier molecular flexibility index (Phi) is 6.70. The molecule has 0 spiro atoms. The number of nitrogens with one attached hydrogen (secondary N) is 3. The maximum absolute atomic E-state index is 13.2. The van der Waals surface area contributed by atoms with Crippen LogP contribution < -0.4 is 25.5 Å². The summed E-state index contributed by atoms with van der Waals surface area (Å²) in [6, 6.07) is 19.3. The number of rotatable bonds is 6. The van der Waals surface area contributed by atoms with Crippen molar-refractivity contribution in [3.63, 3.8) is 0 Å². The Morgan fingerprint density at radius 1 is 0.892 bits per heavy atom. The Bertz CT molecular complexity index is 1510. The highest BCUT2D eigenvalue weighted by molar-refractivity contribution is 6.38. The van der Waals surface area contributed by atoms with Crippen LogP contribution in [0.4, 0.5) is 5.69 Å². The number of amides is 3. The summed E-state index contributed by atoms with van der Waals surface area (Å²) in [7, 11) is 0. The molecule has 0 atom stereocenters. The molecule has 3 aromatic carbocycles. The molecule has 4 aromatic rings. The van der Waals surface area contributed by atoms with Gasteiger partial charge in [0.1, 0.15) is 5.69 Å². The molecule has 37 heavy (non-hydrogen) atoms. The minimum absolute atomic E-state index is 0.103. The molecule has 3 N–H and O–H groups in total. The van der Waals surface area contributed by atoms with Crippen molar-refractivity contribution in [2.24, 2.45) is 0 Å². The SMILES string of the molecule is CCc1ccc(NC(=O)c2cc3cc(Cl)ccc3n2NC(=O)C(=O)NCc2ccc3c(c2)OCO3)cc1. The van der Waals surface area contributed by atoms with Gasteiger partial charge in [0.25, 0.3) is 5.91 Å². The molecule has 5 rings (SSSR count). The van der Waals surface area contributed by atoms with Crippen molar-refractivity contribution in [2.75, 3.05) is 17.5 Å². The molecule has 1 aliphatic rings. The molecule has 0 saturated heterocycles. The van der Waals surface area contributed by atoms with Gasteiger partial charge in [0.2, 0.25) is 6.79 Å². The van der Waals surface area contributed by atoms with Gasteiger partial charge in [-0.15, -0.1) is 0 Å². The largest absolute Gasteiger partial charge is 0.454 e. The van der Waals surface area contributed by atoms with Crippen LogP contribution in [0.25, 0.3) is 10.9 Å². The van der Waals surface area contributed by atoms with Crippen LogP contribution in [0.3, 0.4) is 0 Å². The molecular formula is C27H23ClN4O5. The average Bonchev–Trinajstić information content (AvgIpc) is 3.51. The first kappa shape index (κ1) is 24.2. The van der Waals surface area contributed by atoms with Crippen molar-refractivity contribution in [3.05, 3.63) is 88.6 Å². The molecule has 1 aliphatic heterocycles. The Labute approximate surface area is 217 Å². The van der Waals surface area contributed by atoms with Crippen LogP contribution in [-0.4, -0.2) is 29.2 Å². The molecule has 10 heteroatoms. The average molecular weight is 519 g/mol. The number of halogens is 1. The number of hydrogen-bond donors (Lipinski definition) is 3. The van der Waals surface area contributed by atoms with Crippen LogP contribution in [0.15, 0.2) is 66.7 Å². The normalized spacial score (nSPS) is 11.8. The predicted octanol–water partition coefficient (Wildman–Crippen LogP) is 4.22. The quantitative estimate of drug-likeness (QED) is 0.331. The van der Waals surface area contributed by atoms with Gasteiger partial charge in [-0.25, -0.2) is 4.68 Å². The van der Waals surface area contributed by atoms with E-state index >= 15 is 0 Å². The van der Waals surface area contributed by atoms with Crippen LogP contribution in [0.1, 0.15) is 28.5 Å². The molecule has 0 aliphatic carbocycles. The van der Waals surface area contributed by atoms with E-state index in [0.717, 1.165) is 17.5 Å². The van der Waals surface area contributed by atoms with Crippen molar-refractivity contribution in [2.45, 2.75) is 19.9 Å². The second kappa shape index (κ2) is 10.2. The number of anilines is 1. The Morgan fingerprint density at radius 2 is 1.65 bits per heavy atom. The van der Waals surface area contributed by atoms with Crippen molar-refractivity contribution >= 4 is 45.9 Å². The first-order chi connectivity index (χ1) is 17.9. The van der Waals surface area contributed by atoms with Gasteiger partial charge in [0, 0.05) is 22.6 Å². The zero-order valence-electron chi connectivity index (χ0n) is 19.8. The summed E-state index contributed by atoms with van der Waals surface area (Å²) in [5.41, 5.74) is 5.65. The van der Waals surface area contributed by atoms with E-state index in [-0.39, 0.29) is 19.0 Å². The van der Waals surface area contributed by atoms with Crippen molar-refractivity contribution in [1.82, 2.24) is 9.99 Å². The highest BCUT2D eigenvalue weighted by Crippen LogP contribution is 2.32. The van der Waals surface area contributed by atoms with E-state index in [1.807, 2.05) is 31.2 Å². The summed E-state index contributed by atoms with van der Waals surface area (Å²) in [6.45, 7) is 2.29. The number of aromatic nitrogens is 1. The van der Waals surface area contributed by atoms with Gasteiger partial charge in [-0.2, -0.15) is 0 Å². The smallest absolute Gasteiger partial charge is 0.328 e. The topological polar surface area (TPSA) is 111 Å². The van der Waals surface area contributed by atoms with Crippen LogP contribution >= 0.6 is 11.6 Å². The van der Waals surface area contributed by atoms with Crippen molar-refractivity contribution in [3.8, 4) is 11.5 Å². The third-order valence-corrected chi connectivity index (χ3v) is 6.16. The fourth-order valence-electron chi connectivity index (χ4n) is 3.96. The van der Waals surface area contributed by atoms with E-state index in [2.05, 4.69) is 16.1 Å². The minimum Gasteiger partial charge on any atom is -0.454 e. The molecule has 0 bridgehead atoms. The van der Waals surface area contributed by atoms with Crippen LogP contribution in [0, 0.1) is 0 Å². The number of carbonyl (C=O) groups excluding carboxylic acids is 3. The number of fused-ring (bicyclic) bond motifs is 2. The van der Waals surface area contributed by atoms with E-state index in [1.54, 1.807) is 42.5 Å². The van der Waals surface area contributed by atoms with Crippen LogP contribution in [-0.2, 0) is 22.6 Å². The van der Waals surface area contributed by atoms with Gasteiger partial charge >= 0.3 is 11.8 Å². The molecule has 3 amide bonds. The van der Waals surface area contributed by atoms with E-state index in [4.69, 9.17) is 21.1 Å². The minimum atomic E-state index is -0.936. The number of carbonyl (C=O) groups is 3. The highest BCUT2D eigenvalue weighted by atomic mass is 35.5. The number of ether oxygens (including phenoxy) is 2. The maximum Gasteiger partial charge on any atom is 0.328 e. The van der Waals surface area contributed by atoms with E-state index in [9.17, 15) is 14.4 Å². The first-order valence-electron chi connectivity index (χ1n) is 11.6. The molecule has 188 valence electrons. The lowest BCUT2D eigenvalue weighted by Gasteiger charge is -2.13.